The van der Waals surface area contributed by atoms with Crippen LogP contribution in [0.15, 0.2) is 54.9 Å². The molecule has 4 N–H and O–H groups in total. The average molecular weight is 675 g/mol. The summed E-state index contributed by atoms with van der Waals surface area (Å²) in [6, 6.07) is 11.6. The lowest BCUT2D eigenvalue weighted by molar-refractivity contribution is -0.273. The maximum Gasteiger partial charge on any atom is 0.387 e. The van der Waals surface area contributed by atoms with E-state index in [9.17, 15) is 34.0 Å². The van der Waals surface area contributed by atoms with Gasteiger partial charge in [-0.05, 0) is 81.8 Å². The lowest BCUT2D eigenvalue weighted by atomic mass is 9.86. The number of carbonyl (C=O) groups is 1. The molecule has 1 aromatic carbocycles. The minimum Gasteiger partial charge on any atom is -0.487 e. The van der Waals surface area contributed by atoms with E-state index in [-0.39, 0.29) is 29.4 Å². The second-order valence-electron chi connectivity index (χ2n) is 12.7. The van der Waals surface area contributed by atoms with Crippen molar-refractivity contribution in [2.45, 2.75) is 108 Å². The molecular weight excluding hydrogens is 634 g/mol. The first-order valence-corrected chi connectivity index (χ1v) is 15.7. The van der Waals surface area contributed by atoms with Crippen molar-refractivity contribution in [3.8, 4) is 17.4 Å². The molecule has 1 aliphatic heterocycles. The van der Waals surface area contributed by atoms with Crippen LogP contribution < -0.4 is 14.2 Å². The molecule has 5 rings (SSSR count). The minimum atomic E-state index is -3.02. The number of carbonyl (C=O) groups excluding carboxylic acids is 1. The highest BCUT2D eigenvalue weighted by molar-refractivity contribution is 5.76. The maximum atomic E-state index is 13.1. The molecule has 2 fully saturated rings. The van der Waals surface area contributed by atoms with Crippen molar-refractivity contribution >= 4 is 5.97 Å². The van der Waals surface area contributed by atoms with Crippen LogP contribution in [0.1, 0.15) is 68.8 Å². The number of rotatable bonds is 13. The summed E-state index contributed by atoms with van der Waals surface area (Å²) in [6.45, 7) is 3.46. The minimum absolute atomic E-state index is 0.00346. The predicted molar refractivity (Wildman–Crippen MR) is 165 cm³/mol. The molecule has 0 amide bonds. The Morgan fingerprint density at radius 1 is 0.938 bits per heavy atom. The number of aromatic nitrogens is 2. The molecule has 1 saturated carbocycles. The van der Waals surface area contributed by atoms with Crippen molar-refractivity contribution in [2.75, 3.05) is 0 Å². The number of aliphatic hydroxyl groups is 4. The molecule has 6 atom stereocenters. The number of hydrogen-bond donors (Lipinski definition) is 4. The van der Waals surface area contributed by atoms with Gasteiger partial charge in [0.15, 0.2) is 17.6 Å². The predicted octanol–water partition coefficient (Wildman–Crippen LogP) is 3.36. The van der Waals surface area contributed by atoms with E-state index >= 15 is 0 Å². The number of ether oxygens (including phenoxy) is 5. The summed E-state index contributed by atoms with van der Waals surface area (Å²) in [5, 5.41) is 41.5. The molecule has 1 aliphatic carbocycles. The van der Waals surface area contributed by atoms with Crippen LogP contribution in [0.4, 0.5) is 8.78 Å². The number of nitrogens with zero attached hydrogens (tertiary/aromatic N) is 2. The largest absolute Gasteiger partial charge is 0.487 e. The molecule has 48 heavy (non-hydrogen) atoms. The molecule has 2 aliphatic rings. The Labute approximate surface area is 276 Å². The number of benzene rings is 1. The second-order valence-corrected chi connectivity index (χ2v) is 12.7. The van der Waals surface area contributed by atoms with Gasteiger partial charge in [0.1, 0.15) is 23.9 Å². The molecular formula is C34H40F2N2O10. The van der Waals surface area contributed by atoms with Gasteiger partial charge in [-0.3, -0.25) is 4.98 Å². The van der Waals surface area contributed by atoms with E-state index in [4.69, 9.17) is 23.7 Å². The molecule has 3 aromatic rings. The van der Waals surface area contributed by atoms with Crippen LogP contribution in [0.25, 0.3) is 0 Å². The zero-order chi connectivity index (χ0) is 34.7. The van der Waals surface area contributed by atoms with Crippen LogP contribution >= 0.6 is 0 Å². The van der Waals surface area contributed by atoms with E-state index in [1.807, 2.05) is 6.07 Å². The van der Waals surface area contributed by atoms with Gasteiger partial charge in [0.25, 0.3) is 0 Å². The summed E-state index contributed by atoms with van der Waals surface area (Å²) in [6.07, 6.45) is -3.74. The van der Waals surface area contributed by atoms with Gasteiger partial charge in [-0.25, -0.2) is 9.78 Å². The summed E-state index contributed by atoms with van der Waals surface area (Å²) in [4.78, 5) is 21.2. The highest BCUT2D eigenvalue weighted by Gasteiger charge is 2.49. The van der Waals surface area contributed by atoms with E-state index in [1.54, 1.807) is 58.2 Å². The molecule has 3 heterocycles. The van der Waals surface area contributed by atoms with Gasteiger partial charge in [-0.15, -0.1) is 0 Å². The fraction of sp³-hybridized carbons (Fsp3) is 0.500. The maximum absolute atomic E-state index is 13.1. The van der Waals surface area contributed by atoms with Crippen molar-refractivity contribution in [1.29, 1.82) is 0 Å². The van der Waals surface area contributed by atoms with Gasteiger partial charge in [0.05, 0.1) is 17.9 Å². The summed E-state index contributed by atoms with van der Waals surface area (Å²) in [5.74, 6) is -1.14. The van der Waals surface area contributed by atoms with E-state index in [1.165, 1.54) is 18.3 Å². The van der Waals surface area contributed by atoms with Crippen LogP contribution in [0.3, 0.4) is 0 Å². The van der Waals surface area contributed by atoms with Crippen LogP contribution in [-0.4, -0.2) is 85.9 Å². The van der Waals surface area contributed by atoms with Crippen molar-refractivity contribution in [3.63, 3.8) is 0 Å². The Hall–Kier alpha value is -3.95. The lowest BCUT2D eigenvalue weighted by Gasteiger charge is -2.38. The highest BCUT2D eigenvalue weighted by atomic mass is 19.3. The van der Waals surface area contributed by atoms with Gasteiger partial charge in [-0.1, -0.05) is 18.2 Å². The van der Waals surface area contributed by atoms with E-state index < -0.39 is 55.0 Å². The van der Waals surface area contributed by atoms with Crippen molar-refractivity contribution < 1.29 is 57.7 Å². The fourth-order valence-electron chi connectivity index (χ4n) is 5.19. The van der Waals surface area contributed by atoms with Crippen LogP contribution in [0.5, 0.6) is 17.4 Å². The Bertz CT molecular complexity index is 1530. The molecule has 2 unspecified atom stereocenters. The number of hydrogen-bond acceptors (Lipinski definition) is 12. The van der Waals surface area contributed by atoms with Crippen LogP contribution in [0, 0.1) is 0 Å². The number of aliphatic hydroxyl groups excluding tert-OH is 3. The Morgan fingerprint density at radius 3 is 2.25 bits per heavy atom. The van der Waals surface area contributed by atoms with Gasteiger partial charge in [0, 0.05) is 24.4 Å². The van der Waals surface area contributed by atoms with Crippen LogP contribution in [0.2, 0.25) is 0 Å². The second kappa shape index (κ2) is 14.7. The van der Waals surface area contributed by atoms with Gasteiger partial charge in [0.2, 0.25) is 12.2 Å². The van der Waals surface area contributed by atoms with Crippen LogP contribution in [-0.2, 0) is 26.3 Å². The van der Waals surface area contributed by atoms with E-state index in [2.05, 4.69) is 9.97 Å². The molecule has 2 aromatic heterocycles. The number of halogens is 2. The molecule has 0 radical (unpaired) electrons. The Morgan fingerprint density at radius 2 is 1.67 bits per heavy atom. The Kier molecular flexibility index (Phi) is 10.8. The van der Waals surface area contributed by atoms with Gasteiger partial charge < -0.3 is 44.1 Å². The normalized spacial score (nSPS) is 23.5. The molecule has 260 valence electrons. The first-order chi connectivity index (χ1) is 22.7. The summed E-state index contributed by atoms with van der Waals surface area (Å²) < 4.78 is 53.2. The molecule has 0 spiro atoms. The highest BCUT2D eigenvalue weighted by Crippen LogP contribution is 2.39. The van der Waals surface area contributed by atoms with Gasteiger partial charge in [-0.2, -0.15) is 8.78 Å². The lowest BCUT2D eigenvalue weighted by Crippen LogP contribution is -2.61. The molecule has 0 bridgehead atoms. The first kappa shape index (κ1) is 35.4. The first-order valence-electron chi connectivity index (χ1n) is 15.7. The number of esters is 1. The summed E-state index contributed by atoms with van der Waals surface area (Å²) >= 11 is 0. The Balaban J connectivity index is 1.39. The SMILES string of the molecule is CC(C)OC(=O)C1O[C@@H](Oc2ccc(C[C@H](c3ccc(C(C)(C)O)nc3)c3ccc(OC(F)F)c(OC4CC4)c3)cn2)C(O)[C@H](O)[C@@H]1O. The fourth-order valence-corrected chi connectivity index (χ4v) is 5.19. The number of pyridine rings is 2. The zero-order valence-electron chi connectivity index (χ0n) is 26.9. The smallest absolute Gasteiger partial charge is 0.387 e. The van der Waals surface area contributed by atoms with Crippen molar-refractivity contribution in [3.05, 3.63) is 77.2 Å². The summed E-state index contributed by atoms with van der Waals surface area (Å²) in [5.41, 5.74) is 1.54. The third-order valence-corrected chi connectivity index (χ3v) is 7.85. The topological polar surface area (TPSA) is 170 Å². The standard InChI is InChI=1S/C34H40F2N2O10/c1-17(2)44-31(42)30-28(40)27(39)29(41)32(48-30)47-26-12-5-18(15-38-26)13-22(20-7-11-25(37-16-20)34(3,4)43)19-6-10-23(46-33(35)36)24(14-19)45-21-8-9-21/h5-7,10-12,14-17,21-22,27-30,32-33,39-41,43H,8-9,13H2,1-4H3/t22-,27+,28-,29?,30?,32+/m0/s1. The summed E-state index contributed by atoms with van der Waals surface area (Å²) in [7, 11) is 0. The van der Waals surface area contributed by atoms with E-state index in [0.717, 1.165) is 29.5 Å². The van der Waals surface area contributed by atoms with Crippen molar-refractivity contribution in [2.24, 2.45) is 0 Å². The average Bonchev–Trinajstić information content (AvgIpc) is 3.85. The monoisotopic (exact) mass is 674 g/mol. The van der Waals surface area contributed by atoms with Crippen molar-refractivity contribution in [1.82, 2.24) is 9.97 Å². The zero-order valence-corrected chi connectivity index (χ0v) is 26.9. The van der Waals surface area contributed by atoms with Gasteiger partial charge >= 0.3 is 12.6 Å². The third-order valence-electron chi connectivity index (χ3n) is 7.85. The third kappa shape index (κ3) is 8.74. The van der Waals surface area contributed by atoms with E-state index in [0.29, 0.717) is 12.1 Å². The molecule has 14 heteroatoms. The molecule has 12 nitrogen and oxygen atoms in total. The molecule has 1 saturated heterocycles. The number of alkyl halides is 2. The quantitative estimate of drug-likeness (QED) is 0.195.